The van der Waals surface area contributed by atoms with E-state index in [9.17, 15) is 4.79 Å². The summed E-state index contributed by atoms with van der Waals surface area (Å²) in [5, 5.41) is 3.12. The van der Waals surface area contributed by atoms with Crippen molar-refractivity contribution < 1.29 is 4.79 Å². The van der Waals surface area contributed by atoms with Crippen molar-refractivity contribution in [3.63, 3.8) is 0 Å². The van der Waals surface area contributed by atoms with Crippen LogP contribution in [0.15, 0.2) is 24.3 Å². The third-order valence-corrected chi connectivity index (χ3v) is 3.90. The average molecular weight is 275 g/mol. The summed E-state index contributed by atoms with van der Waals surface area (Å²) in [6.07, 6.45) is 4.59. The lowest BCUT2D eigenvalue weighted by atomic mass is 10.0. The van der Waals surface area contributed by atoms with Crippen LogP contribution in [-0.2, 0) is 0 Å². The van der Waals surface area contributed by atoms with Crippen molar-refractivity contribution in [3.8, 4) is 0 Å². The van der Waals surface area contributed by atoms with E-state index < -0.39 is 0 Å². The lowest BCUT2D eigenvalue weighted by Gasteiger charge is -2.32. The summed E-state index contributed by atoms with van der Waals surface area (Å²) in [5.74, 6) is -0.00990. The Labute approximate surface area is 121 Å². The van der Waals surface area contributed by atoms with Crippen molar-refractivity contribution in [2.24, 2.45) is 0 Å². The molecule has 0 unspecified atom stereocenters. The normalized spacial score (nSPS) is 17.1. The Balaban J connectivity index is 1.79. The first-order valence-electron chi connectivity index (χ1n) is 7.58. The summed E-state index contributed by atoms with van der Waals surface area (Å²) < 4.78 is 0. The highest BCUT2D eigenvalue weighted by Gasteiger charge is 2.20. The van der Waals surface area contributed by atoms with E-state index in [1.165, 1.54) is 19.4 Å². The Hall–Kier alpha value is -1.55. The summed E-state index contributed by atoms with van der Waals surface area (Å²) in [6, 6.07) is 7.44. The van der Waals surface area contributed by atoms with Crippen molar-refractivity contribution in [3.05, 3.63) is 29.8 Å². The van der Waals surface area contributed by atoms with Gasteiger partial charge in [-0.05, 0) is 44.0 Å². The maximum Gasteiger partial charge on any atom is 0.251 e. The molecule has 2 rings (SSSR count). The molecule has 0 saturated carbocycles. The standard InChI is InChI=1S/C16H25N3O/c1-2-3-9-19-10-7-15(8-11-19)18-16(20)13-5-4-6-14(17)12-13/h4-6,12,15H,2-3,7-11,17H2,1H3,(H,18,20). The molecule has 3 N–H and O–H groups in total. The lowest BCUT2D eigenvalue weighted by Crippen LogP contribution is -2.44. The van der Waals surface area contributed by atoms with Gasteiger partial charge in [0.1, 0.15) is 0 Å². The fourth-order valence-corrected chi connectivity index (χ4v) is 2.63. The van der Waals surface area contributed by atoms with Crippen LogP contribution >= 0.6 is 0 Å². The van der Waals surface area contributed by atoms with Gasteiger partial charge in [0, 0.05) is 30.4 Å². The third kappa shape index (κ3) is 4.23. The SMILES string of the molecule is CCCCN1CCC(NC(=O)c2cccc(N)c2)CC1. The van der Waals surface area contributed by atoms with E-state index in [2.05, 4.69) is 17.1 Å². The van der Waals surface area contributed by atoms with Crippen LogP contribution in [0.3, 0.4) is 0 Å². The molecule has 1 saturated heterocycles. The molecule has 20 heavy (non-hydrogen) atoms. The molecule has 1 amide bonds. The highest BCUT2D eigenvalue weighted by molar-refractivity contribution is 5.95. The number of likely N-dealkylation sites (tertiary alicyclic amines) is 1. The maximum atomic E-state index is 12.1. The maximum absolute atomic E-state index is 12.1. The summed E-state index contributed by atoms with van der Waals surface area (Å²) in [4.78, 5) is 14.6. The monoisotopic (exact) mass is 275 g/mol. The van der Waals surface area contributed by atoms with Crippen LogP contribution in [0.1, 0.15) is 43.0 Å². The molecule has 0 aliphatic carbocycles. The van der Waals surface area contributed by atoms with Crippen LogP contribution < -0.4 is 11.1 Å². The number of benzene rings is 1. The molecule has 0 aromatic heterocycles. The number of unbranched alkanes of at least 4 members (excludes halogenated alkanes) is 1. The first-order valence-corrected chi connectivity index (χ1v) is 7.58. The van der Waals surface area contributed by atoms with Gasteiger partial charge in [-0.15, -0.1) is 0 Å². The van der Waals surface area contributed by atoms with Gasteiger partial charge >= 0.3 is 0 Å². The van der Waals surface area contributed by atoms with Crippen LogP contribution in [0, 0.1) is 0 Å². The number of nitrogens with zero attached hydrogens (tertiary/aromatic N) is 1. The van der Waals surface area contributed by atoms with E-state index in [1.807, 2.05) is 12.1 Å². The van der Waals surface area contributed by atoms with Crippen molar-refractivity contribution >= 4 is 11.6 Å². The number of piperidine rings is 1. The lowest BCUT2D eigenvalue weighted by molar-refractivity contribution is 0.0911. The van der Waals surface area contributed by atoms with Crippen LogP contribution in [0.5, 0.6) is 0 Å². The van der Waals surface area contributed by atoms with E-state index in [0.717, 1.165) is 25.9 Å². The number of rotatable bonds is 5. The minimum atomic E-state index is -0.00990. The third-order valence-electron chi connectivity index (χ3n) is 3.90. The minimum Gasteiger partial charge on any atom is -0.399 e. The zero-order chi connectivity index (χ0) is 14.4. The van der Waals surface area contributed by atoms with Gasteiger partial charge in [0.05, 0.1) is 0 Å². The van der Waals surface area contributed by atoms with E-state index in [1.54, 1.807) is 12.1 Å². The molecule has 0 atom stereocenters. The number of nitrogens with two attached hydrogens (primary N) is 1. The Morgan fingerprint density at radius 3 is 2.80 bits per heavy atom. The molecule has 1 aliphatic rings. The fraction of sp³-hybridized carbons (Fsp3) is 0.562. The quantitative estimate of drug-likeness (QED) is 0.810. The summed E-state index contributed by atoms with van der Waals surface area (Å²) in [7, 11) is 0. The Kier molecular flexibility index (Phi) is 5.41. The second-order valence-electron chi connectivity index (χ2n) is 5.57. The summed E-state index contributed by atoms with van der Waals surface area (Å²) >= 11 is 0. The van der Waals surface area contributed by atoms with Gasteiger partial charge in [0.15, 0.2) is 0 Å². The molecule has 1 aromatic rings. The molecular formula is C16H25N3O. The Bertz CT molecular complexity index is 439. The zero-order valence-electron chi connectivity index (χ0n) is 12.3. The molecule has 4 heteroatoms. The molecule has 0 radical (unpaired) electrons. The van der Waals surface area contributed by atoms with Gasteiger partial charge < -0.3 is 16.0 Å². The first-order chi connectivity index (χ1) is 9.69. The minimum absolute atomic E-state index is 0.00990. The van der Waals surface area contributed by atoms with E-state index >= 15 is 0 Å². The molecule has 0 spiro atoms. The molecule has 0 bridgehead atoms. The highest BCUT2D eigenvalue weighted by atomic mass is 16.1. The van der Waals surface area contributed by atoms with E-state index in [4.69, 9.17) is 5.73 Å². The van der Waals surface area contributed by atoms with Gasteiger partial charge in [0.25, 0.3) is 5.91 Å². The fourth-order valence-electron chi connectivity index (χ4n) is 2.63. The van der Waals surface area contributed by atoms with Gasteiger partial charge in [-0.25, -0.2) is 0 Å². The van der Waals surface area contributed by atoms with Crippen LogP contribution in [0.4, 0.5) is 5.69 Å². The van der Waals surface area contributed by atoms with E-state index in [0.29, 0.717) is 17.3 Å². The number of nitrogen functional groups attached to an aromatic ring is 1. The average Bonchev–Trinajstić information content (AvgIpc) is 2.46. The molecule has 1 aromatic carbocycles. The predicted octanol–water partition coefficient (Wildman–Crippen LogP) is 2.26. The molecule has 4 nitrogen and oxygen atoms in total. The van der Waals surface area contributed by atoms with Gasteiger partial charge in [0.2, 0.25) is 0 Å². The number of nitrogens with one attached hydrogen (secondary N) is 1. The molecule has 1 heterocycles. The number of carbonyl (C=O) groups is 1. The van der Waals surface area contributed by atoms with Crippen LogP contribution in [0.2, 0.25) is 0 Å². The number of amides is 1. The molecule has 110 valence electrons. The molecular weight excluding hydrogens is 250 g/mol. The largest absolute Gasteiger partial charge is 0.399 e. The summed E-state index contributed by atoms with van der Waals surface area (Å²) in [5.41, 5.74) is 6.99. The van der Waals surface area contributed by atoms with Crippen LogP contribution in [-0.4, -0.2) is 36.5 Å². The van der Waals surface area contributed by atoms with Crippen LogP contribution in [0.25, 0.3) is 0 Å². The number of hydrogen-bond donors (Lipinski definition) is 2. The second-order valence-corrected chi connectivity index (χ2v) is 5.57. The smallest absolute Gasteiger partial charge is 0.251 e. The van der Waals surface area contributed by atoms with Crippen molar-refractivity contribution in [1.29, 1.82) is 0 Å². The number of carbonyl (C=O) groups excluding carboxylic acids is 1. The van der Waals surface area contributed by atoms with Gasteiger partial charge in [-0.3, -0.25) is 4.79 Å². The summed E-state index contributed by atoms with van der Waals surface area (Å²) in [6.45, 7) is 5.58. The second kappa shape index (κ2) is 7.29. The highest BCUT2D eigenvalue weighted by Crippen LogP contribution is 2.13. The first kappa shape index (κ1) is 14.9. The number of anilines is 1. The zero-order valence-corrected chi connectivity index (χ0v) is 12.3. The van der Waals surface area contributed by atoms with Gasteiger partial charge in [-0.1, -0.05) is 19.4 Å². The number of hydrogen-bond acceptors (Lipinski definition) is 3. The van der Waals surface area contributed by atoms with E-state index in [-0.39, 0.29) is 5.91 Å². The van der Waals surface area contributed by atoms with Gasteiger partial charge in [-0.2, -0.15) is 0 Å². The Morgan fingerprint density at radius 2 is 2.15 bits per heavy atom. The molecule has 1 aliphatic heterocycles. The predicted molar refractivity (Wildman–Crippen MR) is 82.7 cm³/mol. The van der Waals surface area contributed by atoms with Crippen molar-refractivity contribution in [1.82, 2.24) is 10.2 Å². The van der Waals surface area contributed by atoms with Crippen molar-refractivity contribution in [2.75, 3.05) is 25.4 Å². The Morgan fingerprint density at radius 1 is 1.40 bits per heavy atom. The van der Waals surface area contributed by atoms with Crippen molar-refractivity contribution in [2.45, 2.75) is 38.6 Å². The topological polar surface area (TPSA) is 58.4 Å². The molecule has 1 fully saturated rings.